The maximum atomic E-state index is 11.9. The van der Waals surface area contributed by atoms with Gasteiger partial charge in [0.05, 0.1) is 0 Å². The lowest BCUT2D eigenvalue weighted by molar-refractivity contribution is -0.129. The average Bonchev–Trinajstić information content (AvgIpc) is 2.55. The smallest absolute Gasteiger partial charge is 0.223 e. The van der Waals surface area contributed by atoms with E-state index in [0.717, 1.165) is 19.6 Å². The highest BCUT2D eigenvalue weighted by molar-refractivity contribution is 14.1. The third-order valence-corrected chi connectivity index (χ3v) is 4.79. The largest absolute Gasteiger partial charge is 0.349 e. The minimum atomic E-state index is 0.172. The topological polar surface area (TPSA) is 23.6 Å². The Morgan fingerprint density at radius 3 is 2.26 bits per heavy atom. The third kappa shape index (κ3) is 5.95. The number of carbonyl (C=O) groups is 1. The Hall–Kier alpha value is -1.40. The minimum absolute atomic E-state index is 0.172. The van der Waals surface area contributed by atoms with Gasteiger partial charge in [0.2, 0.25) is 5.91 Å². The molecule has 122 valence electrons. The number of carbonyl (C=O) groups excluding carboxylic acids is 1. The lowest BCUT2D eigenvalue weighted by Gasteiger charge is -2.23. The second kappa shape index (κ2) is 9.03. The zero-order valence-corrected chi connectivity index (χ0v) is 15.9. The molecule has 0 radical (unpaired) electrons. The summed E-state index contributed by atoms with van der Waals surface area (Å²) in [5.74, 6) is 0.172. The number of halogens is 1. The van der Waals surface area contributed by atoms with E-state index >= 15 is 0 Å². The number of rotatable bonds is 7. The number of nitrogens with zero attached hydrogens (tertiary/aromatic N) is 2. The van der Waals surface area contributed by atoms with Crippen LogP contribution in [0.4, 0.5) is 0 Å². The fraction of sp³-hybridized carbons (Fsp3) is 0.316. The fourth-order valence-electron chi connectivity index (χ4n) is 2.40. The highest BCUT2D eigenvalue weighted by Crippen LogP contribution is 2.16. The zero-order chi connectivity index (χ0) is 16.7. The first-order chi connectivity index (χ1) is 11.1. The molecule has 0 aliphatic heterocycles. The fourth-order valence-corrected chi connectivity index (χ4v) is 2.96. The predicted molar refractivity (Wildman–Crippen MR) is 103 cm³/mol. The molecule has 2 aromatic rings. The van der Waals surface area contributed by atoms with Crippen LogP contribution in [0.5, 0.6) is 0 Å². The van der Waals surface area contributed by atoms with Crippen LogP contribution in [-0.4, -0.2) is 36.3 Å². The minimum Gasteiger partial charge on any atom is -0.349 e. The van der Waals surface area contributed by atoms with Gasteiger partial charge in [-0.15, -0.1) is 0 Å². The van der Waals surface area contributed by atoms with Gasteiger partial charge in [-0.05, 0) is 39.8 Å². The summed E-state index contributed by atoms with van der Waals surface area (Å²) in [4.78, 5) is 15.9. The van der Waals surface area contributed by atoms with Crippen molar-refractivity contribution >= 4 is 28.5 Å². The summed E-state index contributed by atoms with van der Waals surface area (Å²) in [7, 11) is 3.62. The van der Waals surface area contributed by atoms with Crippen molar-refractivity contribution in [2.75, 3.05) is 20.6 Å². The van der Waals surface area contributed by atoms with Gasteiger partial charge in [-0.2, -0.15) is 0 Å². The van der Waals surface area contributed by atoms with E-state index < -0.39 is 0 Å². The van der Waals surface area contributed by atoms with Crippen molar-refractivity contribution in [1.82, 2.24) is 9.80 Å². The molecule has 0 N–H and O–H groups in total. The van der Waals surface area contributed by atoms with Gasteiger partial charge in [0, 0.05) is 43.7 Å². The average molecular weight is 422 g/mol. The van der Waals surface area contributed by atoms with E-state index in [1.807, 2.05) is 20.2 Å². The van der Waals surface area contributed by atoms with Crippen LogP contribution >= 0.6 is 22.6 Å². The summed E-state index contributed by atoms with van der Waals surface area (Å²) < 4.78 is 1.27. The molecule has 23 heavy (non-hydrogen) atoms. The first-order valence-corrected chi connectivity index (χ1v) is 8.84. The van der Waals surface area contributed by atoms with Crippen LogP contribution in [0.2, 0.25) is 0 Å². The van der Waals surface area contributed by atoms with Gasteiger partial charge in [0.25, 0.3) is 0 Å². The number of benzene rings is 2. The molecule has 0 aliphatic carbocycles. The Labute approximate surface area is 152 Å². The molecule has 0 unspecified atom stereocenters. The van der Waals surface area contributed by atoms with Gasteiger partial charge in [0.15, 0.2) is 0 Å². The monoisotopic (exact) mass is 422 g/mol. The molecular formula is C19H23IN2O. The van der Waals surface area contributed by atoms with E-state index in [0.29, 0.717) is 6.42 Å². The molecule has 0 heterocycles. The SMILES string of the molecule is CN(C)C(=O)CCN(Cc1ccccc1)Cc1ccccc1I. The van der Waals surface area contributed by atoms with Crippen molar-refractivity contribution in [3.8, 4) is 0 Å². The van der Waals surface area contributed by atoms with Crippen LogP contribution in [0, 0.1) is 3.57 Å². The molecule has 0 fully saturated rings. The van der Waals surface area contributed by atoms with Crippen molar-refractivity contribution in [3.63, 3.8) is 0 Å². The Morgan fingerprint density at radius 1 is 0.957 bits per heavy atom. The number of hydrogen-bond acceptors (Lipinski definition) is 2. The van der Waals surface area contributed by atoms with Crippen molar-refractivity contribution in [3.05, 3.63) is 69.3 Å². The normalized spacial score (nSPS) is 10.8. The predicted octanol–water partition coefficient (Wildman–Crippen LogP) is 3.77. The second-order valence-corrected chi connectivity index (χ2v) is 6.99. The van der Waals surface area contributed by atoms with Crippen LogP contribution in [-0.2, 0) is 17.9 Å². The lowest BCUT2D eigenvalue weighted by Crippen LogP contribution is -2.30. The molecule has 0 atom stereocenters. The molecule has 0 aliphatic rings. The van der Waals surface area contributed by atoms with E-state index in [1.54, 1.807) is 4.90 Å². The van der Waals surface area contributed by atoms with E-state index in [2.05, 4.69) is 76.0 Å². The van der Waals surface area contributed by atoms with Crippen molar-refractivity contribution in [2.45, 2.75) is 19.5 Å². The van der Waals surface area contributed by atoms with E-state index in [4.69, 9.17) is 0 Å². The van der Waals surface area contributed by atoms with Crippen molar-refractivity contribution in [2.24, 2.45) is 0 Å². The molecule has 3 nitrogen and oxygen atoms in total. The molecule has 2 rings (SSSR count). The molecule has 0 bridgehead atoms. The maximum Gasteiger partial charge on any atom is 0.223 e. The Balaban J connectivity index is 2.07. The molecule has 0 saturated heterocycles. The van der Waals surface area contributed by atoms with E-state index in [9.17, 15) is 4.79 Å². The maximum absolute atomic E-state index is 11.9. The van der Waals surface area contributed by atoms with Gasteiger partial charge in [-0.3, -0.25) is 9.69 Å². The summed E-state index contributed by atoms with van der Waals surface area (Å²) in [5.41, 5.74) is 2.58. The molecule has 0 spiro atoms. The quantitative estimate of drug-likeness (QED) is 0.635. The number of amides is 1. The van der Waals surface area contributed by atoms with Gasteiger partial charge >= 0.3 is 0 Å². The van der Waals surface area contributed by atoms with Gasteiger partial charge in [-0.25, -0.2) is 0 Å². The van der Waals surface area contributed by atoms with Crippen LogP contribution in [0.15, 0.2) is 54.6 Å². The van der Waals surface area contributed by atoms with Gasteiger partial charge in [0.1, 0.15) is 0 Å². The summed E-state index contributed by atoms with van der Waals surface area (Å²) in [6.45, 7) is 2.47. The van der Waals surface area contributed by atoms with Gasteiger partial charge < -0.3 is 4.90 Å². The summed E-state index contributed by atoms with van der Waals surface area (Å²) >= 11 is 2.38. The molecular weight excluding hydrogens is 399 g/mol. The molecule has 4 heteroatoms. The summed E-state index contributed by atoms with van der Waals surface area (Å²) in [6, 6.07) is 18.8. The summed E-state index contributed by atoms with van der Waals surface area (Å²) in [5, 5.41) is 0. The number of hydrogen-bond donors (Lipinski definition) is 0. The van der Waals surface area contributed by atoms with Crippen LogP contribution in [0.3, 0.4) is 0 Å². The zero-order valence-electron chi connectivity index (χ0n) is 13.7. The third-order valence-electron chi connectivity index (χ3n) is 3.74. The highest BCUT2D eigenvalue weighted by atomic mass is 127. The molecule has 1 amide bonds. The first kappa shape index (κ1) is 17.9. The molecule has 0 saturated carbocycles. The van der Waals surface area contributed by atoms with Gasteiger partial charge in [-0.1, -0.05) is 48.5 Å². The van der Waals surface area contributed by atoms with E-state index in [1.165, 1.54) is 14.7 Å². The van der Waals surface area contributed by atoms with Crippen LogP contribution < -0.4 is 0 Å². The molecule has 0 aromatic heterocycles. The first-order valence-electron chi connectivity index (χ1n) is 7.76. The van der Waals surface area contributed by atoms with Crippen LogP contribution in [0.25, 0.3) is 0 Å². The second-order valence-electron chi connectivity index (χ2n) is 5.83. The van der Waals surface area contributed by atoms with Crippen LogP contribution in [0.1, 0.15) is 17.5 Å². The lowest BCUT2D eigenvalue weighted by atomic mass is 10.1. The van der Waals surface area contributed by atoms with E-state index in [-0.39, 0.29) is 5.91 Å². The standard InChI is InChI=1S/C19H23IN2O/c1-21(2)19(23)12-13-22(14-16-8-4-3-5-9-16)15-17-10-6-7-11-18(17)20/h3-11H,12-15H2,1-2H3. The highest BCUT2D eigenvalue weighted by Gasteiger charge is 2.12. The Morgan fingerprint density at radius 2 is 1.61 bits per heavy atom. The van der Waals surface area contributed by atoms with Crippen molar-refractivity contribution < 1.29 is 4.79 Å². The Kier molecular flexibility index (Phi) is 7.05. The molecule has 2 aromatic carbocycles. The summed E-state index contributed by atoms with van der Waals surface area (Å²) in [6.07, 6.45) is 0.545. The Bertz CT molecular complexity index is 628. The van der Waals surface area contributed by atoms with Crippen molar-refractivity contribution in [1.29, 1.82) is 0 Å².